The first-order chi connectivity index (χ1) is 6.83. The Balaban J connectivity index is 2.17. The van der Waals surface area contributed by atoms with E-state index in [0.29, 0.717) is 0 Å². The molecule has 0 aliphatic heterocycles. The minimum absolute atomic E-state index is 0.173. The first-order valence-corrected chi connectivity index (χ1v) is 5.52. The maximum absolute atomic E-state index is 9.80. The number of aromatic nitrogens is 2. The predicted octanol–water partition coefficient (Wildman–Crippen LogP) is 1.92. The van der Waals surface area contributed by atoms with Crippen molar-refractivity contribution in [3.63, 3.8) is 0 Å². The number of hydrogen-bond acceptors (Lipinski definition) is 2. The van der Waals surface area contributed by atoms with Crippen LogP contribution in [0.25, 0.3) is 0 Å². The van der Waals surface area contributed by atoms with Crippen molar-refractivity contribution in [2.45, 2.75) is 51.2 Å². The zero-order valence-electron chi connectivity index (χ0n) is 8.69. The van der Waals surface area contributed by atoms with Crippen LogP contribution in [-0.4, -0.2) is 20.8 Å². The first-order valence-electron chi connectivity index (χ1n) is 5.52. The zero-order chi connectivity index (χ0) is 9.97. The van der Waals surface area contributed by atoms with Crippen LogP contribution in [0.4, 0.5) is 0 Å². The Morgan fingerprint density at radius 2 is 2.43 bits per heavy atom. The van der Waals surface area contributed by atoms with Crippen molar-refractivity contribution in [3.05, 3.63) is 18.2 Å². The molecule has 1 aromatic rings. The molecular weight excluding hydrogens is 176 g/mol. The summed E-state index contributed by atoms with van der Waals surface area (Å²) in [4.78, 5) is 4.37. The fraction of sp³-hybridized carbons (Fsp3) is 0.727. The fourth-order valence-corrected chi connectivity index (χ4v) is 2.32. The number of rotatable bonds is 3. The van der Waals surface area contributed by atoms with Gasteiger partial charge in [-0.2, -0.15) is 0 Å². The molecule has 3 heteroatoms. The minimum atomic E-state index is -0.173. The van der Waals surface area contributed by atoms with E-state index >= 15 is 0 Å². The van der Waals surface area contributed by atoms with E-state index < -0.39 is 0 Å². The lowest BCUT2D eigenvalue weighted by atomic mass is 10.1. The Morgan fingerprint density at radius 1 is 1.57 bits per heavy atom. The smallest absolute Gasteiger partial charge is 0.114 e. The van der Waals surface area contributed by atoms with E-state index in [9.17, 15) is 5.11 Å². The van der Waals surface area contributed by atoms with Crippen molar-refractivity contribution >= 4 is 0 Å². The van der Waals surface area contributed by atoms with Gasteiger partial charge in [-0.3, -0.25) is 0 Å². The van der Waals surface area contributed by atoms with E-state index in [4.69, 9.17) is 0 Å². The fourth-order valence-electron chi connectivity index (χ4n) is 2.32. The SMILES string of the molecule is CCCn1ccnc1C1CCCC1O. The monoisotopic (exact) mass is 194 g/mol. The molecule has 0 amide bonds. The third-order valence-electron chi connectivity index (χ3n) is 3.02. The maximum Gasteiger partial charge on any atom is 0.114 e. The standard InChI is InChI=1S/C11H18N2O/c1-2-7-13-8-6-12-11(13)9-4-3-5-10(9)14/h6,8-10,14H,2-5,7H2,1H3. The molecule has 2 unspecified atom stereocenters. The molecule has 1 heterocycles. The van der Waals surface area contributed by atoms with Crippen LogP contribution in [0.2, 0.25) is 0 Å². The number of aliphatic hydroxyl groups excluding tert-OH is 1. The summed E-state index contributed by atoms with van der Waals surface area (Å²) in [6, 6.07) is 0. The molecule has 1 aromatic heterocycles. The molecule has 1 fully saturated rings. The summed E-state index contributed by atoms with van der Waals surface area (Å²) in [5.74, 6) is 1.36. The topological polar surface area (TPSA) is 38.0 Å². The van der Waals surface area contributed by atoms with Gasteiger partial charge in [0.1, 0.15) is 5.82 Å². The van der Waals surface area contributed by atoms with Gasteiger partial charge in [0, 0.05) is 24.9 Å². The lowest BCUT2D eigenvalue weighted by Gasteiger charge is -2.15. The van der Waals surface area contributed by atoms with Crippen LogP contribution in [0.5, 0.6) is 0 Å². The summed E-state index contributed by atoms with van der Waals surface area (Å²) in [5, 5.41) is 9.80. The van der Waals surface area contributed by atoms with Gasteiger partial charge in [0.15, 0.2) is 0 Å². The van der Waals surface area contributed by atoms with Gasteiger partial charge in [0.25, 0.3) is 0 Å². The Hall–Kier alpha value is -0.830. The molecule has 2 atom stereocenters. The highest BCUT2D eigenvalue weighted by Gasteiger charge is 2.29. The number of aliphatic hydroxyl groups is 1. The molecule has 1 saturated carbocycles. The van der Waals surface area contributed by atoms with Crippen molar-refractivity contribution in [2.75, 3.05) is 0 Å². The number of imidazole rings is 1. The van der Waals surface area contributed by atoms with Gasteiger partial charge in [0.05, 0.1) is 6.10 Å². The molecule has 0 aromatic carbocycles. The van der Waals surface area contributed by atoms with Crippen LogP contribution >= 0.6 is 0 Å². The van der Waals surface area contributed by atoms with Gasteiger partial charge in [-0.25, -0.2) is 4.98 Å². The molecule has 1 aliphatic carbocycles. The van der Waals surface area contributed by atoms with Gasteiger partial charge in [-0.1, -0.05) is 13.3 Å². The second-order valence-electron chi connectivity index (χ2n) is 4.08. The quantitative estimate of drug-likeness (QED) is 0.798. The van der Waals surface area contributed by atoms with Gasteiger partial charge < -0.3 is 9.67 Å². The lowest BCUT2D eigenvalue weighted by molar-refractivity contribution is 0.159. The van der Waals surface area contributed by atoms with Gasteiger partial charge in [-0.15, -0.1) is 0 Å². The third kappa shape index (κ3) is 1.69. The van der Waals surface area contributed by atoms with Crippen molar-refractivity contribution in [2.24, 2.45) is 0 Å². The molecule has 1 N–H and O–H groups in total. The Kier molecular flexibility index (Phi) is 2.87. The van der Waals surface area contributed by atoms with Crippen LogP contribution in [0.3, 0.4) is 0 Å². The van der Waals surface area contributed by atoms with Crippen molar-refractivity contribution in [1.82, 2.24) is 9.55 Å². The summed E-state index contributed by atoms with van der Waals surface area (Å²) in [7, 11) is 0. The molecule has 0 spiro atoms. The highest BCUT2D eigenvalue weighted by molar-refractivity contribution is 5.05. The van der Waals surface area contributed by atoms with Gasteiger partial charge >= 0.3 is 0 Å². The van der Waals surface area contributed by atoms with E-state index in [0.717, 1.165) is 38.1 Å². The van der Waals surface area contributed by atoms with Crippen molar-refractivity contribution in [3.8, 4) is 0 Å². The first kappa shape index (κ1) is 9.71. The molecule has 78 valence electrons. The van der Waals surface area contributed by atoms with Gasteiger partial charge in [-0.05, 0) is 19.3 Å². The predicted molar refractivity (Wildman–Crippen MR) is 55.1 cm³/mol. The third-order valence-corrected chi connectivity index (χ3v) is 3.02. The molecule has 0 radical (unpaired) electrons. The van der Waals surface area contributed by atoms with E-state index in [-0.39, 0.29) is 12.0 Å². The second kappa shape index (κ2) is 4.13. The highest BCUT2D eigenvalue weighted by Crippen LogP contribution is 2.33. The number of nitrogens with zero attached hydrogens (tertiary/aromatic N) is 2. The van der Waals surface area contributed by atoms with E-state index in [1.165, 1.54) is 0 Å². The van der Waals surface area contributed by atoms with Crippen LogP contribution in [0, 0.1) is 0 Å². The van der Waals surface area contributed by atoms with Crippen LogP contribution < -0.4 is 0 Å². The minimum Gasteiger partial charge on any atom is -0.392 e. The number of aryl methyl sites for hydroxylation is 1. The summed E-state index contributed by atoms with van der Waals surface area (Å²) in [6.45, 7) is 3.17. The molecule has 0 bridgehead atoms. The summed E-state index contributed by atoms with van der Waals surface area (Å²) < 4.78 is 2.18. The second-order valence-corrected chi connectivity index (χ2v) is 4.08. The normalized spacial score (nSPS) is 27.0. The largest absolute Gasteiger partial charge is 0.392 e. The number of hydrogen-bond donors (Lipinski definition) is 1. The van der Waals surface area contributed by atoms with Crippen LogP contribution in [0.1, 0.15) is 44.3 Å². The maximum atomic E-state index is 9.80. The molecular formula is C11H18N2O. The molecule has 1 aliphatic rings. The lowest BCUT2D eigenvalue weighted by Crippen LogP contribution is -2.16. The molecule has 3 nitrogen and oxygen atoms in total. The molecule has 2 rings (SSSR count). The Morgan fingerprint density at radius 3 is 3.07 bits per heavy atom. The Labute approximate surface area is 84.8 Å². The van der Waals surface area contributed by atoms with Crippen molar-refractivity contribution in [1.29, 1.82) is 0 Å². The average Bonchev–Trinajstić information content (AvgIpc) is 2.74. The molecule has 0 saturated heterocycles. The summed E-state index contributed by atoms with van der Waals surface area (Å²) >= 11 is 0. The highest BCUT2D eigenvalue weighted by atomic mass is 16.3. The summed E-state index contributed by atoms with van der Waals surface area (Å²) in [6.07, 6.45) is 7.95. The van der Waals surface area contributed by atoms with E-state index in [1.807, 2.05) is 12.4 Å². The zero-order valence-corrected chi connectivity index (χ0v) is 8.69. The Bertz CT molecular complexity index is 295. The van der Waals surface area contributed by atoms with Crippen LogP contribution in [0.15, 0.2) is 12.4 Å². The van der Waals surface area contributed by atoms with Crippen molar-refractivity contribution < 1.29 is 5.11 Å². The van der Waals surface area contributed by atoms with E-state index in [1.54, 1.807) is 0 Å². The summed E-state index contributed by atoms with van der Waals surface area (Å²) in [5.41, 5.74) is 0. The van der Waals surface area contributed by atoms with Crippen LogP contribution in [-0.2, 0) is 6.54 Å². The average molecular weight is 194 g/mol. The van der Waals surface area contributed by atoms with E-state index in [2.05, 4.69) is 16.5 Å². The molecule has 14 heavy (non-hydrogen) atoms. The van der Waals surface area contributed by atoms with Gasteiger partial charge in [0.2, 0.25) is 0 Å².